The van der Waals surface area contributed by atoms with Gasteiger partial charge < -0.3 is 14.4 Å². The molecule has 4 rings (SSSR count). The quantitative estimate of drug-likeness (QED) is 0.695. The number of rotatable bonds is 5. The highest BCUT2D eigenvalue weighted by Gasteiger charge is 2.43. The molecule has 1 aromatic heterocycles. The van der Waals surface area contributed by atoms with Crippen molar-refractivity contribution in [2.24, 2.45) is 11.8 Å². The van der Waals surface area contributed by atoms with Crippen LogP contribution < -0.4 is 4.72 Å². The zero-order valence-corrected chi connectivity index (χ0v) is 17.2. The maximum absolute atomic E-state index is 12.8. The molecule has 2 aliphatic rings. The van der Waals surface area contributed by atoms with Crippen molar-refractivity contribution in [2.45, 2.75) is 31.7 Å². The number of likely N-dealkylation sites (tertiary alicyclic amines) is 1. The van der Waals surface area contributed by atoms with Crippen LogP contribution in [0.15, 0.2) is 36.5 Å². The van der Waals surface area contributed by atoms with Gasteiger partial charge in [0.1, 0.15) is 0 Å². The van der Waals surface area contributed by atoms with E-state index < -0.39 is 11.7 Å². The SMILES string of the molecule is CSNc1ccn(C(=O)N2CC3CC(OCc4cccc(C(F)(F)F)c4)CC3C2)n1. The van der Waals surface area contributed by atoms with Gasteiger partial charge in [0, 0.05) is 31.6 Å². The second-order valence-electron chi connectivity index (χ2n) is 7.76. The van der Waals surface area contributed by atoms with Gasteiger partial charge in [-0.25, -0.2) is 4.79 Å². The van der Waals surface area contributed by atoms with E-state index in [2.05, 4.69) is 9.82 Å². The summed E-state index contributed by atoms with van der Waals surface area (Å²) < 4.78 is 48.8. The van der Waals surface area contributed by atoms with Gasteiger partial charge in [-0.3, -0.25) is 0 Å². The van der Waals surface area contributed by atoms with Gasteiger partial charge in [-0.05, 0) is 42.4 Å². The highest BCUT2D eigenvalue weighted by Crippen LogP contribution is 2.40. The highest BCUT2D eigenvalue weighted by molar-refractivity contribution is 7.99. The topological polar surface area (TPSA) is 59.4 Å². The number of aromatic nitrogens is 2. The van der Waals surface area contributed by atoms with Gasteiger partial charge in [0.15, 0.2) is 5.82 Å². The predicted molar refractivity (Wildman–Crippen MR) is 108 cm³/mol. The standard InChI is InChI=1S/C20H23F3N4O2S/c1-30-25-18-5-6-27(24-18)19(28)26-10-14-8-17(9-15(14)11-26)29-12-13-3-2-4-16(7-13)20(21,22)23/h2-7,14-15,17H,8-12H2,1H3,(H,24,25). The number of nitrogens with zero attached hydrogens (tertiary/aromatic N) is 3. The number of carbonyl (C=O) groups excluding carboxylic acids is 1. The fourth-order valence-electron chi connectivity index (χ4n) is 4.32. The lowest BCUT2D eigenvalue weighted by Gasteiger charge is -2.19. The zero-order valence-electron chi connectivity index (χ0n) is 16.4. The monoisotopic (exact) mass is 440 g/mol. The van der Waals surface area contributed by atoms with Crippen molar-refractivity contribution in [1.82, 2.24) is 14.7 Å². The van der Waals surface area contributed by atoms with Crippen molar-refractivity contribution in [1.29, 1.82) is 0 Å². The first kappa shape index (κ1) is 21.0. The molecule has 0 bridgehead atoms. The first-order valence-electron chi connectivity index (χ1n) is 9.75. The summed E-state index contributed by atoms with van der Waals surface area (Å²) >= 11 is 1.41. The van der Waals surface area contributed by atoms with Crippen LogP contribution in [0.4, 0.5) is 23.8 Å². The van der Waals surface area contributed by atoms with Gasteiger partial charge in [0.25, 0.3) is 0 Å². The zero-order chi connectivity index (χ0) is 21.3. The van der Waals surface area contributed by atoms with E-state index in [1.165, 1.54) is 22.7 Å². The summed E-state index contributed by atoms with van der Waals surface area (Å²) in [6, 6.07) is 6.87. The highest BCUT2D eigenvalue weighted by atomic mass is 32.2. The number of alkyl halides is 3. The molecule has 1 aromatic carbocycles. The Morgan fingerprint density at radius 3 is 2.67 bits per heavy atom. The molecule has 30 heavy (non-hydrogen) atoms. The maximum Gasteiger partial charge on any atom is 0.416 e. The van der Waals surface area contributed by atoms with E-state index in [4.69, 9.17) is 4.74 Å². The van der Waals surface area contributed by atoms with E-state index in [-0.39, 0.29) is 18.7 Å². The van der Waals surface area contributed by atoms with Gasteiger partial charge in [0.05, 0.1) is 18.3 Å². The Kier molecular flexibility index (Phi) is 5.97. The third-order valence-electron chi connectivity index (χ3n) is 5.71. The van der Waals surface area contributed by atoms with Crippen molar-refractivity contribution in [2.75, 3.05) is 24.1 Å². The van der Waals surface area contributed by atoms with Crippen LogP contribution in [0.2, 0.25) is 0 Å². The molecular weight excluding hydrogens is 417 g/mol. The van der Waals surface area contributed by atoms with E-state index in [1.807, 2.05) is 11.2 Å². The largest absolute Gasteiger partial charge is 0.416 e. The lowest BCUT2D eigenvalue weighted by Crippen LogP contribution is -2.34. The molecule has 1 amide bonds. The number of hydrogen-bond donors (Lipinski definition) is 1. The van der Waals surface area contributed by atoms with Gasteiger partial charge in [-0.2, -0.15) is 17.9 Å². The van der Waals surface area contributed by atoms with Crippen LogP contribution in [0, 0.1) is 11.8 Å². The molecule has 2 aromatic rings. The molecule has 1 saturated carbocycles. The second-order valence-corrected chi connectivity index (χ2v) is 8.37. The summed E-state index contributed by atoms with van der Waals surface area (Å²) in [5.41, 5.74) is -0.136. The fraction of sp³-hybridized carbons (Fsp3) is 0.500. The minimum Gasteiger partial charge on any atom is -0.374 e. The summed E-state index contributed by atoms with van der Waals surface area (Å²) in [6.45, 7) is 1.46. The number of amides is 1. The average Bonchev–Trinajstić information content (AvgIpc) is 3.40. The Labute approximate surface area is 176 Å². The summed E-state index contributed by atoms with van der Waals surface area (Å²) in [4.78, 5) is 14.5. The minimum absolute atomic E-state index is 0.00822. The Morgan fingerprint density at radius 2 is 2.00 bits per heavy atom. The molecule has 1 aliphatic carbocycles. The number of nitrogens with one attached hydrogen (secondary N) is 1. The van der Waals surface area contributed by atoms with Crippen LogP contribution in [0.1, 0.15) is 24.0 Å². The van der Waals surface area contributed by atoms with Crippen LogP contribution in [0.25, 0.3) is 0 Å². The number of halogens is 3. The lowest BCUT2D eigenvalue weighted by atomic mass is 10.0. The number of carbonyl (C=O) groups is 1. The van der Waals surface area contributed by atoms with E-state index in [1.54, 1.807) is 18.3 Å². The molecule has 2 heterocycles. The summed E-state index contributed by atoms with van der Waals surface area (Å²) in [5.74, 6) is 1.33. The summed E-state index contributed by atoms with van der Waals surface area (Å²) in [7, 11) is 0. The van der Waals surface area contributed by atoms with Gasteiger partial charge in [0.2, 0.25) is 0 Å². The first-order chi connectivity index (χ1) is 14.3. The Balaban J connectivity index is 1.28. The summed E-state index contributed by atoms with van der Waals surface area (Å²) in [5, 5.41) is 4.23. The Bertz CT molecular complexity index is 890. The number of ether oxygens (including phenoxy) is 1. The average molecular weight is 440 g/mol. The van der Waals surface area contributed by atoms with E-state index in [9.17, 15) is 18.0 Å². The first-order valence-corrected chi connectivity index (χ1v) is 11.0. The van der Waals surface area contributed by atoms with Crippen molar-refractivity contribution >= 4 is 23.8 Å². The second kappa shape index (κ2) is 8.50. The molecule has 1 saturated heterocycles. The van der Waals surface area contributed by atoms with E-state index in [0.29, 0.717) is 36.3 Å². The third-order valence-corrected chi connectivity index (χ3v) is 6.12. The molecule has 1 N–H and O–H groups in total. The molecular formula is C20H23F3N4O2S. The number of benzene rings is 1. The van der Waals surface area contributed by atoms with Crippen LogP contribution >= 0.6 is 11.9 Å². The lowest BCUT2D eigenvalue weighted by molar-refractivity contribution is -0.137. The van der Waals surface area contributed by atoms with E-state index >= 15 is 0 Å². The summed E-state index contributed by atoms with van der Waals surface area (Å²) in [6.07, 6.45) is 0.813. The molecule has 6 nitrogen and oxygen atoms in total. The van der Waals surface area contributed by atoms with Crippen LogP contribution in [0.3, 0.4) is 0 Å². The van der Waals surface area contributed by atoms with Crippen molar-refractivity contribution in [3.8, 4) is 0 Å². The minimum atomic E-state index is -4.35. The Morgan fingerprint density at radius 1 is 1.27 bits per heavy atom. The molecule has 2 fully saturated rings. The molecule has 1 aliphatic heterocycles. The Hall–Kier alpha value is -2.20. The smallest absolute Gasteiger partial charge is 0.374 e. The third kappa shape index (κ3) is 4.59. The van der Waals surface area contributed by atoms with Gasteiger partial charge in [-0.15, -0.1) is 5.10 Å². The van der Waals surface area contributed by atoms with Crippen LogP contribution in [-0.4, -0.2) is 46.2 Å². The molecule has 10 heteroatoms. The number of hydrogen-bond acceptors (Lipinski definition) is 5. The molecule has 162 valence electrons. The molecule has 0 spiro atoms. The van der Waals surface area contributed by atoms with E-state index in [0.717, 1.165) is 25.0 Å². The predicted octanol–water partition coefficient (Wildman–Crippen LogP) is 4.49. The number of fused-ring (bicyclic) bond motifs is 1. The van der Waals surface area contributed by atoms with Gasteiger partial charge in [-0.1, -0.05) is 24.1 Å². The van der Waals surface area contributed by atoms with Crippen LogP contribution in [0.5, 0.6) is 0 Å². The maximum atomic E-state index is 12.8. The fourth-order valence-corrected chi connectivity index (χ4v) is 4.64. The molecule has 0 radical (unpaired) electrons. The number of anilines is 1. The van der Waals surface area contributed by atoms with Crippen molar-refractivity contribution in [3.63, 3.8) is 0 Å². The van der Waals surface area contributed by atoms with Crippen LogP contribution in [-0.2, 0) is 17.5 Å². The molecule has 2 atom stereocenters. The molecule has 2 unspecified atom stereocenters. The van der Waals surface area contributed by atoms with Crippen molar-refractivity contribution in [3.05, 3.63) is 47.7 Å². The van der Waals surface area contributed by atoms with Gasteiger partial charge >= 0.3 is 12.2 Å². The van der Waals surface area contributed by atoms with Crippen molar-refractivity contribution < 1.29 is 22.7 Å². The normalized spacial score (nSPS) is 23.6.